The number of para-hydroxylation sites is 3. The number of hydrogen-bond acceptors (Lipinski definition) is 6. The van der Waals surface area contributed by atoms with Crippen molar-refractivity contribution in [3.63, 3.8) is 0 Å². The zero-order chi connectivity index (χ0) is 21.1. The van der Waals surface area contributed by atoms with Gasteiger partial charge in [0.25, 0.3) is 5.91 Å². The molecule has 3 N–H and O–H groups in total. The summed E-state index contributed by atoms with van der Waals surface area (Å²) in [5.74, 6) is 0.312. The van der Waals surface area contributed by atoms with Gasteiger partial charge in [-0.2, -0.15) is 0 Å². The first-order chi connectivity index (χ1) is 14.5. The molecule has 1 heterocycles. The number of aliphatic hydroxyl groups excluding tert-OH is 2. The number of fused-ring (bicyclic) bond motifs is 1. The maximum absolute atomic E-state index is 12.6. The number of amides is 1. The average molecular weight is 420 g/mol. The number of thiazole rings is 1. The van der Waals surface area contributed by atoms with Crippen LogP contribution in [0.25, 0.3) is 10.2 Å². The molecule has 7 heteroatoms. The second-order valence-corrected chi connectivity index (χ2v) is 7.88. The summed E-state index contributed by atoms with van der Waals surface area (Å²) in [5, 5.41) is 23.8. The first-order valence-corrected chi connectivity index (χ1v) is 10.2. The molecule has 6 nitrogen and oxygen atoms in total. The Morgan fingerprint density at radius 1 is 1.03 bits per heavy atom. The van der Waals surface area contributed by atoms with E-state index in [1.165, 1.54) is 11.3 Å². The molecule has 0 saturated carbocycles. The molecular formula is C23H20N2O4S. The number of carbonyl (C=O) groups excluding carboxylic acids is 1. The molecule has 0 aliphatic rings. The lowest BCUT2D eigenvalue weighted by atomic mass is 10.2. The summed E-state index contributed by atoms with van der Waals surface area (Å²) in [6.07, 6.45) is -3.12. The summed E-state index contributed by atoms with van der Waals surface area (Å²) >= 11 is 1.24. The predicted molar refractivity (Wildman–Crippen MR) is 117 cm³/mol. The fraction of sp³-hybridized carbons (Fsp3) is 0.130. The van der Waals surface area contributed by atoms with Crippen molar-refractivity contribution in [3.05, 3.63) is 83.4 Å². The Balaban J connectivity index is 1.50. The number of aliphatic hydroxyl groups is 2. The minimum absolute atomic E-state index is 0.281. The van der Waals surface area contributed by atoms with Crippen molar-refractivity contribution in [2.24, 2.45) is 0 Å². The number of aromatic nitrogens is 1. The van der Waals surface area contributed by atoms with E-state index in [1.807, 2.05) is 55.5 Å². The third-order valence-electron chi connectivity index (χ3n) is 4.49. The molecule has 1 aromatic heterocycles. The van der Waals surface area contributed by atoms with E-state index in [4.69, 9.17) is 4.74 Å². The molecular weight excluding hydrogens is 400 g/mol. The molecule has 0 bridgehead atoms. The van der Waals surface area contributed by atoms with Crippen LogP contribution in [0.2, 0.25) is 0 Å². The van der Waals surface area contributed by atoms with E-state index in [1.54, 1.807) is 24.3 Å². The largest absolute Gasteiger partial charge is 0.455 e. The molecule has 2 atom stereocenters. The highest BCUT2D eigenvalue weighted by Crippen LogP contribution is 2.31. The third kappa shape index (κ3) is 4.33. The maximum atomic E-state index is 12.6. The van der Waals surface area contributed by atoms with Crippen LogP contribution in [0.3, 0.4) is 0 Å². The van der Waals surface area contributed by atoms with Gasteiger partial charge < -0.3 is 20.3 Å². The quantitative estimate of drug-likeness (QED) is 0.429. The molecule has 2 unspecified atom stereocenters. The Morgan fingerprint density at radius 2 is 1.80 bits per heavy atom. The van der Waals surface area contributed by atoms with Gasteiger partial charge in [0, 0.05) is 0 Å². The first kappa shape index (κ1) is 20.0. The van der Waals surface area contributed by atoms with Crippen LogP contribution in [0, 0.1) is 6.92 Å². The highest BCUT2D eigenvalue weighted by atomic mass is 32.1. The molecule has 0 saturated heterocycles. The molecule has 0 fully saturated rings. The second-order valence-electron chi connectivity index (χ2n) is 6.81. The lowest BCUT2D eigenvalue weighted by molar-refractivity contribution is -0.129. The fourth-order valence-electron chi connectivity index (χ4n) is 2.97. The van der Waals surface area contributed by atoms with Crippen LogP contribution in [0.1, 0.15) is 16.7 Å². The van der Waals surface area contributed by atoms with Crippen molar-refractivity contribution >= 4 is 33.1 Å². The molecule has 0 radical (unpaired) electrons. The Kier molecular flexibility index (Phi) is 5.76. The van der Waals surface area contributed by atoms with Gasteiger partial charge in [0.2, 0.25) is 0 Å². The van der Waals surface area contributed by atoms with Crippen molar-refractivity contribution in [2.75, 3.05) is 5.32 Å². The Morgan fingerprint density at radius 3 is 2.60 bits per heavy atom. The van der Waals surface area contributed by atoms with Crippen LogP contribution < -0.4 is 10.1 Å². The smallest absolute Gasteiger partial charge is 0.256 e. The minimum Gasteiger partial charge on any atom is -0.455 e. The van der Waals surface area contributed by atoms with Crippen LogP contribution >= 0.6 is 11.3 Å². The number of ether oxygens (including phenoxy) is 1. The number of aryl methyl sites for hydroxylation is 1. The van der Waals surface area contributed by atoms with Crippen molar-refractivity contribution in [1.29, 1.82) is 0 Å². The van der Waals surface area contributed by atoms with Crippen LogP contribution in [0.4, 0.5) is 5.69 Å². The average Bonchev–Trinajstić information content (AvgIpc) is 3.18. The van der Waals surface area contributed by atoms with Gasteiger partial charge in [-0.15, -0.1) is 11.3 Å². The molecule has 0 aliphatic heterocycles. The molecule has 1 amide bonds. The molecule has 152 valence electrons. The lowest BCUT2D eigenvalue weighted by Crippen LogP contribution is -2.33. The molecule has 3 aromatic carbocycles. The highest BCUT2D eigenvalue weighted by Gasteiger charge is 2.29. The Labute approximate surface area is 177 Å². The summed E-state index contributed by atoms with van der Waals surface area (Å²) in [5.41, 5.74) is 2.14. The number of carbonyl (C=O) groups is 1. The van der Waals surface area contributed by atoms with Gasteiger partial charge in [-0.05, 0) is 48.9 Å². The summed E-state index contributed by atoms with van der Waals surface area (Å²) in [6, 6.07) is 21.8. The zero-order valence-corrected chi connectivity index (χ0v) is 17.0. The molecule has 30 heavy (non-hydrogen) atoms. The van der Waals surface area contributed by atoms with Crippen molar-refractivity contribution in [3.8, 4) is 11.5 Å². The topological polar surface area (TPSA) is 91.7 Å². The summed E-state index contributed by atoms with van der Waals surface area (Å²) in [6.45, 7) is 1.96. The molecule has 0 spiro atoms. The standard InChI is InChI=1S/C23H20N2O4S/c1-14-7-6-8-15(13-14)29-18-11-4-2-9-16(18)24-22(28)20(26)21(27)23-25-17-10-3-5-12-19(17)30-23/h2-13,20-21,26-27H,1H3,(H,24,28). The van der Waals surface area contributed by atoms with Crippen molar-refractivity contribution < 1.29 is 19.7 Å². The fourth-order valence-corrected chi connectivity index (χ4v) is 3.95. The van der Waals surface area contributed by atoms with Gasteiger partial charge in [0.05, 0.1) is 15.9 Å². The number of nitrogens with zero attached hydrogens (tertiary/aromatic N) is 1. The lowest BCUT2D eigenvalue weighted by Gasteiger charge is -2.17. The Bertz CT molecular complexity index is 1160. The van der Waals surface area contributed by atoms with E-state index >= 15 is 0 Å². The van der Waals surface area contributed by atoms with Gasteiger partial charge in [-0.3, -0.25) is 4.79 Å². The molecule has 4 aromatic rings. The van der Waals surface area contributed by atoms with Crippen molar-refractivity contribution in [2.45, 2.75) is 19.1 Å². The Hall–Kier alpha value is -3.26. The predicted octanol–water partition coefficient (Wildman–Crippen LogP) is 4.43. The normalized spacial score (nSPS) is 13.0. The maximum Gasteiger partial charge on any atom is 0.256 e. The van der Waals surface area contributed by atoms with Crippen LogP contribution in [-0.2, 0) is 4.79 Å². The third-order valence-corrected chi connectivity index (χ3v) is 5.60. The van der Waals surface area contributed by atoms with Crippen LogP contribution in [0.15, 0.2) is 72.8 Å². The monoisotopic (exact) mass is 420 g/mol. The van der Waals surface area contributed by atoms with E-state index in [-0.39, 0.29) is 5.01 Å². The van der Waals surface area contributed by atoms with E-state index in [2.05, 4.69) is 10.3 Å². The van der Waals surface area contributed by atoms with Crippen molar-refractivity contribution in [1.82, 2.24) is 4.98 Å². The van der Waals surface area contributed by atoms with Gasteiger partial charge in [0.15, 0.2) is 11.9 Å². The van der Waals surface area contributed by atoms with E-state index in [9.17, 15) is 15.0 Å². The number of benzene rings is 3. The number of hydrogen-bond donors (Lipinski definition) is 3. The molecule has 4 rings (SSSR count). The van der Waals surface area contributed by atoms with Gasteiger partial charge >= 0.3 is 0 Å². The number of rotatable bonds is 6. The number of nitrogens with one attached hydrogen (secondary N) is 1. The van der Waals surface area contributed by atoms with E-state index in [0.29, 0.717) is 22.7 Å². The SMILES string of the molecule is Cc1cccc(Oc2ccccc2NC(=O)C(O)C(O)c2nc3ccccc3s2)c1. The van der Waals surface area contributed by atoms with Crippen LogP contribution in [0.5, 0.6) is 11.5 Å². The molecule has 0 aliphatic carbocycles. The number of anilines is 1. The highest BCUT2D eigenvalue weighted by molar-refractivity contribution is 7.18. The summed E-state index contributed by atoms with van der Waals surface area (Å²) in [7, 11) is 0. The summed E-state index contributed by atoms with van der Waals surface area (Å²) in [4.78, 5) is 16.9. The van der Waals surface area contributed by atoms with Gasteiger partial charge in [-0.1, -0.05) is 36.4 Å². The summed E-state index contributed by atoms with van der Waals surface area (Å²) < 4.78 is 6.76. The van der Waals surface area contributed by atoms with Gasteiger partial charge in [0.1, 0.15) is 16.9 Å². The van der Waals surface area contributed by atoms with Crippen LogP contribution in [-0.4, -0.2) is 27.2 Å². The second kappa shape index (κ2) is 8.62. The van der Waals surface area contributed by atoms with E-state index < -0.39 is 18.1 Å². The van der Waals surface area contributed by atoms with Gasteiger partial charge in [-0.25, -0.2) is 4.98 Å². The zero-order valence-electron chi connectivity index (χ0n) is 16.1. The van der Waals surface area contributed by atoms with E-state index in [0.717, 1.165) is 10.3 Å². The minimum atomic E-state index is -1.68. The first-order valence-electron chi connectivity index (χ1n) is 9.37.